The van der Waals surface area contributed by atoms with Gasteiger partial charge >= 0.3 is 10.2 Å². The average Bonchev–Trinajstić information content (AvgIpc) is 3.72. The quantitative estimate of drug-likeness (QED) is 0.0994. The summed E-state index contributed by atoms with van der Waals surface area (Å²) in [5.41, 5.74) is 6.05. The van der Waals surface area contributed by atoms with Crippen LogP contribution in [-0.4, -0.2) is 69.0 Å². The fraction of sp³-hybridized carbons (Fsp3) is 0.293. The lowest BCUT2D eigenvalue weighted by Gasteiger charge is -2.27. The Kier molecular flexibility index (Phi) is 11.3. The summed E-state index contributed by atoms with van der Waals surface area (Å²) in [6.07, 6.45) is 4.19. The molecule has 0 bridgehead atoms. The second kappa shape index (κ2) is 16.0. The number of carbonyl (C=O) groups is 2. The van der Waals surface area contributed by atoms with Gasteiger partial charge in [0, 0.05) is 43.9 Å². The fourth-order valence-electron chi connectivity index (χ4n) is 6.96. The maximum absolute atomic E-state index is 14.0. The molecule has 2 saturated heterocycles. The largest absolute Gasteiger partial charge is 0.360 e. The van der Waals surface area contributed by atoms with Crippen molar-refractivity contribution in [2.75, 3.05) is 35.6 Å². The Balaban J connectivity index is 1.24. The topological polar surface area (TPSA) is 116 Å². The number of imidazole rings is 1. The highest BCUT2D eigenvalue weighted by Crippen LogP contribution is 2.41. The van der Waals surface area contributed by atoms with Crippen LogP contribution in [0.2, 0.25) is 35.7 Å². The molecule has 1 aromatic heterocycles. The van der Waals surface area contributed by atoms with Crippen molar-refractivity contribution in [3.63, 3.8) is 0 Å². The summed E-state index contributed by atoms with van der Waals surface area (Å²) >= 11 is 12.8. The van der Waals surface area contributed by atoms with Gasteiger partial charge in [-0.25, -0.2) is 9.29 Å². The van der Waals surface area contributed by atoms with Crippen molar-refractivity contribution in [2.24, 2.45) is 0 Å². The zero-order valence-corrected chi connectivity index (χ0v) is 34.3. The summed E-state index contributed by atoms with van der Waals surface area (Å²) in [5.74, 6) is -0.438. The molecule has 55 heavy (non-hydrogen) atoms. The standard InChI is InChI=1S/C41H43Cl2N5O5SSi/c1-55(2,3)23-22-53-27-48-39(50)26-47(54(48,51)52)37-9-5-4-8-34(37)40(41-44-25-36(45-41)33-20-17-31(42)24-35(33)43)30-13-11-28(12-14-30)29-15-18-32(19-16-29)46-21-7-6-10-38(46)49/h4-5,8-9,11-20,24-25,40H,6-7,10,21-23,26-27H2,1-3H3,(H,44,45). The summed E-state index contributed by atoms with van der Waals surface area (Å²) in [5, 5.41) is 0.959. The van der Waals surface area contributed by atoms with Gasteiger partial charge in [0.05, 0.1) is 28.5 Å². The van der Waals surface area contributed by atoms with Crippen molar-refractivity contribution >= 4 is 64.7 Å². The van der Waals surface area contributed by atoms with E-state index in [-0.39, 0.29) is 19.2 Å². The molecule has 5 aromatic rings. The molecule has 10 nitrogen and oxygen atoms in total. The molecule has 0 radical (unpaired) electrons. The summed E-state index contributed by atoms with van der Waals surface area (Å²) < 4.78 is 35.8. The molecule has 2 fully saturated rings. The highest BCUT2D eigenvalue weighted by atomic mass is 35.5. The van der Waals surface area contributed by atoms with Crippen LogP contribution in [0.25, 0.3) is 22.4 Å². The summed E-state index contributed by atoms with van der Waals surface area (Å²) in [6.45, 7) is 7.04. The van der Waals surface area contributed by atoms with Crippen LogP contribution in [-0.2, 0) is 24.5 Å². The first-order valence-electron chi connectivity index (χ1n) is 18.3. The molecule has 286 valence electrons. The van der Waals surface area contributed by atoms with Crippen LogP contribution in [0.5, 0.6) is 0 Å². The van der Waals surface area contributed by atoms with Crippen molar-refractivity contribution in [1.29, 1.82) is 0 Å². The molecule has 0 aliphatic carbocycles. The smallest absolute Gasteiger partial charge is 0.331 e. The number of hydrogen-bond acceptors (Lipinski definition) is 6. The Morgan fingerprint density at radius 1 is 0.891 bits per heavy atom. The SMILES string of the molecule is C[Si](C)(C)CCOCN1C(=O)CN(c2ccccc2C(c2ccc(-c3ccc(N4CCCCC4=O)cc3)cc2)c2ncc(-c3ccc(Cl)cc3Cl)[nH]2)S1(=O)=O. The Morgan fingerprint density at radius 2 is 1.60 bits per heavy atom. The third kappa shape index (κ3) is 8.39. The number of aromatic nitrogens is 2. The van der Waals surface area contributed by atoms with Gasteiger partial charge in [-0.3, -0.25) is 9.59 Å². The van der Waals surface area contributed by atoms with E-state index in [1.807, 2.05) is 71.6 Å². The van der Waals surface area contributed by atoms with Crippen LogP contribution >= 0.6 is 23.2 Å². The number of H-pyrrole nitrogens is 1. The van der Waals surface area contributed by atoms with Crippen molar-refractivity contribution in [2.45, 2.75) is 50.9 Å². The summed E-state index contributed by atoms with van der Waals surface area (Å²) in [4.78, 5) is 35.9. The van der Waals surface area contributed by atoms with Crippen LogP contribution in [0.3, 0.4) is 0 Å². The normalized spacial score (nSPS) is 16.6. The number of hydrogen-bond donors (Lipinski definition) is 1. The van der Waals surface area contributed by atoms with Crippen LogP contribution in [0.1, 0.15) is 42.1 Å². The van der Waals surface area contributed by atoms with Gasteiger partial charge in [-0.05, 0) is 77.5 Å². The minimum atomic E-state index is -4.25. The molecule has 1 atom stereocenters. The molecule has 14 heteroatoms. The number of halogens is 2. The van der Waals surface area contributed by atoms with E-state index in [4.69, 9.17) is 32.9 Å². The van der Waals surface area contributed by atoms with Gasteiger partial charge in [-0.15, -0.1) is 0 Å². The molecule has 2 aliphatic heterocycles. The number of nitrogens with zero attached hydrogens (tertiary/aromatic N) is 4. The predicted octanol–water partition coefficient (Wildman–Crippen LogP) is 8.95. The number of carbonyl (C=O) groups excluding carboxylic acids is 2. The van der Waals surface area contributed by atoms with Crippen LogP contribution < -0.4 is 9.21 Å². The Labute approximate surface area is 333 Å². The van der Waals surface area contributed by atoms with E-state index >= 15 is 0 Å². The van der Waals surface area contributed by atoms with E-state index in [9.17, 15) is 18.0 Å². The lowest BCUT2D eigenvalue weighted by Crippen LogP contribution is -2.36. The number of piperidine rings is 1. The second-order valence-corrected chi connectivity index (χ2v) is 23.3. The molecular formula is C41H43Cl2N5O5SSi. The van der Waals surface area contributed by atoms with E-state index in [1.54, 1.807) is 30.5 Å². The highest BCUT2D eigenvalue weighted by Gasteiger charge is 2.44. The number of amides is 2. The third-order valence-corrected chi connectivity index (χ3v) is 14.0. The Hall–Kier alpha value is -4.46. The van der Waals surface area contributed by atoms with Gasteiger partial charge in [-0.1, -0.05) is 97.4 Å². The number of anilines is 2. The molecule has 2 amide bonds. The van der Waals surface area contributed by atoms with Gasteiger partial charge < -0.3 is 14.6 Å². The highest BCUT2D eigenvalue weighted by molar-refractivity contribution is 7.91. The molecule has 4 aromatic carbocycles. The van der Waals surface area contributed by atoms with Crippen LogP contribution in [0, 0.1) is 0 Å². The van der Waals surface area contributed by atoms with Gasteiger partial charge in [0.15, 0.2) is 0 Å². The van der Waals surface area contributed by atoms with E-state index in [0.29, 0.717) is 51.4 Å². The summed E-state index contributed by atoms with van der Waals surface area (Å²) in [7, 11) is -5.67. The maximum Gasteiger partial charge on any atom is 0.331 e. The molecule has 1 unspecified atom stereocenters. The molecule has 2 aliphatic rings. The first-order valence-corrected chi connectivity index (χ1v) is 24.2. The third-order valence-electron chi connectivity index (χ3n) is 10.0. The monoisotopic (exact) mass is 815 g/mol. The molecule has 7 rings (SSSR count). The zero-order valence-electron chi connectivity index (χ0n) is 31.0. The number of nitrogens with one attached hydrogen (secondary N) is 1. The first kappa shape index (κ1) is 38.8. The van der Waals surface area contributed by atoms with Gasteiger partial charge in [0.2, 0.25) is 5.91 Å². The number of ether oxygens (including phenoxy) is 1. The lowest BCUT2D eigenvalue weighted by molar-refractivity contribution is -0.127. The number of para-hydroxylation sites is 1. The van der Waals surface area contributed by atoms with E-state index in [1.165, 1.54) is 0 Å². The number of rotatable bonds is 12. The van der Waals surface area contributed by atoms with Crippen LogP contribution in [0.15, 0.2) is 97.2 Å². The molecular weight excluding hydrogens is 774 g/mol. The van der Waals surface area contributed by atoms with Crippen LogP contribution in [0.4, 0.5) is 11.4 Å². The van der Waals surface area contributed by atoms with Crippen molar-refractivity contribution < 1.29 is 22.7 Å². The number of benzene rings is 4. The second-order valence-electron chi connectivity index (χ2n) is 15.1. The molecule has 1 N–H and O–H groups in total. The Morgan fingerprint density at radius 3 is 2.29 bits per heavy atom. The predicted molar refractivity (Wildman–Crippen MR) is 222 cm³/mol. The minimum absolute atomic E-state index is 0.152. The van der Waals surface area contributed by atoms with E-state index < -0.39 is 30.1 Å². The lowest BCUT2D eigenvalue weighted by atomic mass is 9.88. The zero-order chi connectivity index (χ0) is 38.9. The van der Waals surface area contributed by atoms with E-state index in [2.05, 4.69) is 24.6 Å². The van der Waals surface area contributed by atoms with Crippen molar-refractivity contribution in [3.8, 4) is 22.4 Å². The Bertz CT molecular complexity index is 2310. The average molecular weight is 817 g/mol. The van der Waals surface area contributed by atoms with Crippen molar-refractivity contribution in [1.82, 2.24) is 14.3 Å². The molecule has 0 saturated carbocycles. The van der Waals surface area contributed by atoms with Gasteiger partial charge in [-0.2, -0.15) is 12.7 Å². The van der Waals surface area contributed by atoms with Gasteiger partial charge in [0.1, 0.15) is 19.1 Å². The fourth-order valence-corrected chi connectivity index (χ4v) is 9.67. The molecule has 3 heterocycles. The number of aromatic amines is 1. The first-order chi connectivity index (χ1) is 26.3. The summed E-state index contributed by atoms with van der Waals surface area (Å²) in [6, 6.07) is 29.3. The minimum Gasteiger partial charge on any atom is -0.360 e. The van der Waals surface area contributed by atoms with Gasteiger partial charge in [0.25, 0.3) is 5.91 Å². The van der Waals surface area contributed by atoms with E-state index in [0.717, 1.165) is 56.4 Å². The van der Waals surface area contributed by atoms with Crippen molar-refractivity contribution in [3.05, 3.63) is 124 Å². The molecule has 0 spiro atoms. The maximum atomic E-state index is 14.0.